The summed E-state index contributed by atoms with van der Waals surface area (Å²) in [5, 5.41) is 0. The Morgan fingerprint density at radius 1 is 1.33 bits per heavy atom. The van der Waals surface area contributed by atoms with Gasteiger partial charge in [0.2, 0.25) is 0 Å². The first-order valence-electron chi connectivity index (χ1n) is 6.55. The van der Waals surface area contributed by atoms with Crippen LogP contribution in [0.3, 0.4) is 0 Å². The minimum atomic E-state index is -0.478. The van der Waals surface area contributed by atoms with E-state index in [-0.39, 0.29) is 5.78 Å². The van der Waals surface area contributed by atoms with Crippen LogP contribution in [-0.4, -0.2) is 20.3 Å². The second-order valence-electron chi connectivity index (χ2n) is 4.69. The minimum Gasteiger partial charge on any atom is -0.406 e. The van der Waals surface area contributed by atoms with Gasteiger partial charge in [-0.15, -0.1) is 0 Å². The van der Waals surface area contributed by atoms with E-state index >= 15 is 0 Å². The van der Waals surface area contributed by atoms with Gasteiger partial charge in [-0.3, -0.25) is 14.3 Å². The van der Waals surface area contributed by atoms with Crippen LogP contribution >= 0.6 is 0 Å². The van der Waals surface area contributed by atoms with Crippen molar-refractivity contribution >= 4 is 17.0 Å². The molecule has 0 amide bonds. The average Bonchev–Trinajstić information content (AvgIpc) is 2.80. The molecule has 0 aromatic carbocycles. The van der Waals surface area contributed by atoms with Crippen LogP contribution in [0, 0.1) is 0 Å². The van der Waals surface area contributed by atoms with Crippen molar-refractivity contribution in [3.05, 3.63) is 58.5 Å². The summed E-state index contributed by atoms with van der Waals surface area (Å²) in [5.74, 6) is -0.595. The number of fused-ring (bicyclic) bond motifs is 1. The average molecular weight is 283 g/mol. The monoisotopic (exact) mass is 283 g/mol. The van der Waals surface area contributed by atoms with E-state index in [0.717, 1.165) is 5.69 Å². The number of rotatable bonds is 4. The van der Waals surface area contributed by atoms with Gasteiger partial charge >= 0.3 is 5.76 Å². The molecule has 0 atom stereocenters. The number of hydrogen-bond acceptors (Lipinski definition) is 5. The fourth-order valence-electron chi connectivity index (χ4n) is 2.11. The van der Waals surface area contributed by atoms with E-state index in [0.29, 0.717) is 29.8 Å². The molecule has 0 saturated heterocycles. The molecule has 21 heavy (non-hydrogen) atoms. The molecule has 0 aliphatic heterocycles. The third-order valence-electron chi connectivity index (χ3n) is 3.23. The first kappa shape index (κ1) is 13.2. The van der Waals surface area contributed by atoms with Crippen molar-refractivity contribution < 1.29 is 9.21 Å². The topological polar surface area (TPSA) is 78.0 Å². The first-order chi connectivity index (χ1) is 10.1. The van der Waals surface area contributed by atoms with Crippen LogP contribution in [0.15, 0.2) is 45.9 Å². The van der Waals surface area contributed by atoms with Crippen LogP contribution in [0.25, 0.3) is 11.2 Å². The molecule has 0 N–H and O–H groups in total. The molecule has 0 saturated carbocycles. The first-order valence-corrected chi connectivity index (χ1v) is 6.55. The minimum absolute atomic E-state index is 0.117. The summed E-state index contributed by atoms with van der Waals surface area (Å²) in [6.45, 7) is 1.87. The van der Waals surface area contributed by atoms with E-state index in [1.165, 1.54) is 17.7 Å². The van der Waals surface area contributed by atoms with Gasteiger partial charge in [-0.1, -0.05) is 6.07 Å². The zero-order valence-corrected chi connectivity index (χ0v) is 11.4. The third kappa shape index (κ3) is 2.60. The van der Waals surface area contributed by atoms with Gasteiger partial charge in [0.15, 0.2) is 17.0 Å². The fourth-order valence-corrected chi connectivity index (χ4v) is 2.11. The van der Waals surface area contributed by atoms with Crippen molar-refractivity contribution in [3.8, 4) is 0 Å². The van der Waals surface area contributed by atoms with Gasteiger partial charge in [-0.2, -0.15) is 0 Å². The van der Waals surface area contributed by atoms with Gasteiger partial charge in [0.25, 0.3) is 0 Å². The Morgan fingerprint density at radius 2 is 2.19 bits per heavy atom. The number of aromatic nitrogens is 3. The van der Waals surface area contributed by atoms with E-state index in [4.69, 9.17) is 4.42 Å². The number of carbonyl (C=O) groups excluding carboxylic acids is 1. The zero-order valence-electron chi connectivity index (χ0n) is 11.4. The van der Waals surface area contributed by atoms with Crippen LogP contribution in [-0.2, 0) is 13.0 Å². The van der Waals surface area contributed by atoms with Crippen LogP contribution in [0.1, 0.15) is 23.0 Å². The molecular formula is C15H13N3O3. The van der Waals surface area contributed by atoms with Crippen molar-refractivity contribution in [1.29, 1.82) is 0 Å². The lowest BCUT2D eigenvalue weighted by Gasteiger charge is -2.01. The Bertz CT molecular complexity index is 849. The van der Waals surface area contributed by atoms with Crippen molar-refractivity contribution in [2.24, 2.45) is 0 Å². The molecule has 0 aliphatic rings. The Kier molecular flexibility index (Phi) is 3.35. The van der Waals surface area contributed by atoms with E-state index in [2.05, 4.69) is 9.97 Å². The van der Waals surface area contributed by atoms with Crippen LogP contribution < -0.4 is 5.76 Å². The second-order valence-corrected chi connectivity index (χ2v) is 4.69. The number of hydrogen-bond donors (Lipinski definition) is 0. The Balaban J connectivity index is 1.93. The maximum absolute atomic E-state index is 11.9. The molecule has 0 aliphatic carbocycles. The Hall–Kier alpha value is -2.76. The van der Waals surface area contributed by atoms with Crippen LogP contribution in [0.2, 0.25) is 0 Å². The van der Waals surface area contributed by atoms with Gasteiger partial charge in [0.1, 0.15) is 0 Å². The predicted molar refractivity (Wildman–Crippen MR) is 76.2 cm³/mol. The molecule has 0 bridgehead atoms. The summed E-state index contributed by atoms with van der Waals surface area (Å²) >= 11 is 0. The molecule has 3 aromatic heterocycles. The zero-order chi connectivity index (χ0) is 14.8. The Labute approximate surface area is 120 Å². The van der Waals surface area contributed by atoms with Gasteiger partial charge in [-0.25, -0.2) is 9.78 Å². The molecule has 0 radical (unpaired) electrons. The lowest BCUT2D eigenvalue weighted by Crippen LogP contribution is -2.16. The standard InChI is InChI=1S/C15H13N3O3/c1-10(19)11-8-13-14(17-9-11)18(15(20)21-13)7-5-12-4-2-3-6-16-12/h2-4,6,8-9H,5,7H2,1H3. The lowest BCUT2D eigenvalue weighted by molar-refractivity contribution is 0.101. The van der Waals surface area contributed by atoms with Crippen LogP contribution in [0.5, 0.6) is 0 Å². The quantitative estimate of drug-likeness (QED) is 0.683. The lowest BCUT2D eigenvalue weighted by atomic mass is 10.2. The SMILES string of the molecule is CC(=O)c1cnc2c(c1)oc(=O)n2CCc1ccccn1. The van der Waals surface area contributed by atoms with Crippen LogP contribution in [0.4, 0.5) is 0 Å². The van der Waals surface area contributed by atoms with Crippen molar-refractivity contribution in [2.45, 2.75) is 19.9 Å². The highest BCUT2D eigenvalue weighted by Gasteiger charge is 2.12. The highest BCUT2D eigenvalue weighted by atomic mass is 16.4. The molecular weight excluding hydrogens is 270 g/mol. The molecule has 6 nitrogen and oxygen atoms in total. The molecule has 0 fully saturated rings. The number of aryl methyl sites for hydroxylation is 2. The summed E-state index contributed by atoms with van der Waals surface area (Å²) in [5.41, 5.74) is 2.09. The summed E-state index contributed by atoms with van der Waals surface area (Å²) in [6, 6.07) is 7.18. The molecule has 3 heterocycles. The molecule has 106 valence electrons. The highest BCUT2D eigenvalue weighted by Crippen LogP contribution is 2.13. The van der Waals surface area contributed by atoms with Gasteiger partial charge in [-0.05, 0) is 25.1 Å². The molecule has 6 heteroatoms. The van der Waals surface area contributed by atoms with E-state index in [9.17, 15) is 9.59 Å². The number of Topliss-reactive ketones (excluding diaryl/α,β-unsaturated/α-hetero) is 1. The maximum Gasteiger partial charge on any atom is 0.421 e. The van der Waals surface area contributed by atoms with E-state index < -0.39 is 5.76 Å². The molecule has 0 unspecified atom stereocenters. The maximum atomic E-state index is 11.9. The Morgan fingerprint density at radius 3 is 2.90 bits per heavy atom. The molecule has 3 aromatic rings. The predicted octanol–water partition coefficient (Wildman–Crippen LogP) is 1.83. The molecule has 3 rings (SSSR count). The number of oxazole rings is 1. The number of carbonyl (C=O) groups is 1. The van der Waals surface area contributed by atoms with Gasteiger partial charge < -0.3 is 4.42 Å². The molecule has 0 spiro atoms. The van der Waals surface area contributed by atoms with Crippen molar-refractivity contribution in [1.82, 2.24) is 14.5 Å². The van der Waals surface area contributed by atoms with Gasteiger partial charge in [0, 0.05) is 36.6 Å². The summed E-state index contributed by atoms with van der Waals surface area (Å²) in [6.07, 6.45) is 3.77. The second kappa shape index (κ2) is 5.32. The van der Waals surface area contributed by atoms with Gasteiger partial charge in [0.05, 0.1) is 0 Å². The smallest absolute Gasteiger partial charge is 0.406 e. The third-order valence-corrected chi connectivity index (χ3v) is 3.23. The summed E-state index contributed by atoms with van der Waals surface area (Å²) in [4.78, 5) is 31.6. The van der Waals surface area contributed by atoms with Crippen molar-refractivity contribution in [2.75, 3.05) is 0 Å². The highest BCUT2D eigenvalue weighted by molar-refractivity contribution is 5.95. The summed E-state index contributed by atoms with van der Waals surface area (Å²) < 4.78 is 6.60. The van der Waals surface area contributed by atoms with E-state index in [1.807, 2.05) is 18.2 Å². The number of ketones is 1. The fraction of sp³-hybridized carbons (Fsp3) is 0.200. The summed E-state index contributed by atoms with van der Waals surface area (Å²) in [7, 11) is 0. The van der Waals surface area contributed by atoms with Crippen molar-refractivity contribution in [3.63, 3.8) is 0 Å². The number of pyridine rings is 2. The van der Waals surface area contributed by atoms with E-state index in [1.54, 1.807) is 12.3 Å². The largest absolute Gasteiger partial charge is 0.421 e. The number of nitrogens with zero attached hydrogens (tertiary/aromatic N) is 3. The normalized spacial score (nSPS) is 10.9.